The Balaban J connectivity index is 0.00000225. The van der Waals surface area contributed by atoms with Gasteiger partial charge < -0.3 is 20.3 Å². The third-order valence-electron chi connectivity index (χ3n) is 4.81. The Hall–Kier alpha value is -1.79. The van der Waals surface area contributed by atoms with E-state index in [0.717, 1.165) is 25.2 Å². The van der Waals surface area contributed by atoms with Gasteiger partial charge in [-0.25, -0.2) is 0 Å². The quantitative estimate of drug-likeness (QED) is 0.850. The molecule has 2 amide bonds. The minimum atomic E-state index is -0.523. The van der Waals surface area contributed by atoms with Gasteiger partial charge in [0.25, 0.3) is 5.91 Å². The number of rotatable bonds is 4. The molecule has 2 N–H and O–H groups in total. The number of halogens is 1. The Morgan fingerprint density at radius 1 is 1.36 bits per heavy atom. The van der Waals surface area contributed by atoms with E-state index in [1.807, 2.05) is 24.3 Å². The molecule has 0 aliphatic carbocycles. The summed E-state index contributed by atoms with van der Waals surface area (Å²) >= 11 is 0. The first-order valence-corrected chi connectivity index (χ1v) is 8.63. The zero-order chi connectivity index (χ0) is 17.1. The lowest BCUT2D eigenvalue weighted by atomic mass is 9.95. The third-order valence-corrected chi connectivity index (χ3v) is 4.81. The van der Waals surface area contributed by atoms with Crippen LogP contribution in [0.15, 0.2) is 24.3 Å². The molecule has 3 atom stereocenters. The summed E-state index contributed by atoms with van der Waals surface area (Å²) < 4.78 is 5.62. The molecular formula is C18H26ClN3O3. The zero-order valence-corrected chi connectivity index (χ0v) is 15.5. The van der Waals surface area contributed by atoms with Crippen LogP contribution in [-0.4, -0.2) is 43.6 Å². The molecular weight excluding hydrogens is 342 g/mol. The average Bonchev–Trinajstić information content (AvgIpc) is 2.57. The predicted molar refractivity (Wildman–Crippen MR) is 99.3 cm³/mol. The molecule has 6 nitrogen and oxygen atoms in total. The summed E-state index contributed by atoms with van der Waals surface area (Å²) in [6, 6.07) is 7.61. The summed E-state index contributed by atoms with van der Waals surface area (Å²) in [5.74, 6) is 1.05. The van der Waals surface area contributed by atoms with Crippen molar-refractivity contribution in [3.63, 3.8) is 0 Å². The second-order valence-electron chi connectivity index (χ2n) is 6.61. The van der Waals surface area contributed by atoms with E-state index in [1.54, 1.807) is 11.8 Å². The predicted octanol–water partition coefficient (Wildman–Crippen LogP) is 1.73. The minimum Gasteiger partial charge on any atom is -0.479 e. The van der Waals surface area contributed by atoms with Gasteiger partial charge in [-0.15, -0.1) is 12.4 Å². The number of amides is 2. The van der Waals surface area contributed by atoms with Gasteiger partial charge in [0.05, 0.1) is 5.69 Å². The number of hydrogen-bond acceptors (Lipinski definition) is 4. The fourth-order valence-corrected chi connectivity index (χ4v) is 3.26. The van der Waals surface area contributed by atoms with Crippen LogP contribution in [-0.2, 0) is 9.59 Å². The first kappa shape index (κ1) is 19.5. The number of nitrogens with one attached hydrogen (secondary N) is 2. The van der Waals surface area contributed by atoms with Crippen molar-refractivity contribution in [2.75, 3.05) is 24.5 Å². The second-order valence-corrected chi connectivity index (χ2v) is 6.61. The van der Waals surface area contributed by atoms with E-state index >= 15 is 0 Å². The highest BCUT2D eigenvalue weighted by Crippen LogP contribution is 2.33. The van der Waals surface area contributed by atoms with Crippen LogP contribution in [0.25, 0.3) is 0 Å². The lowest BCUT2D eigenvalue weighted by Gasteiger charge is -2.33. The van der Waals surface area contributed by atoms with Crippen LogP contribution in [0, 0.1) is 5.92 Å². The van der Waals surface area contributed by atoms with Crippen molar-refractivity contribution in [2.45, 2.75) is 38.8 Å². The molecule has 1 fully saturated rings. The molecule has 0 radical (unpaired) electrons. The molecule has 0 bridgehead atoms. The SMILES string of the molecule is CC1Oc2ccccc2N(CCC(=O)NC2CNCCC2C)C1=O.Cl. The Labute approximate surface area is 154 Å². The topological polar surface area (TPSA) is 70.7 Å². The Morgan fingerprint density at radius 3 is 2.88 bits per heavy atom. The number of piperidine rings is 1. The van der Waals surface area contributed by atoms with Crippen LogP contribution in [0.2, 0.25) is 0 Å². The summed E-state index contributed by atoms with van der Waals surface area (Å²) in [4.78, 5) is 26.4. The van der Waals surface area contributed by atoms with Gasteiger partial charge in [0, 0.05) is 25.6 Å². The van der Waals surface area contributed by atoms with Gasteiger partial charge in [0.1, 0.15) is 5.75 Å². The number of carbonyl (C=O) groups excluding carboxylic acids is 2. The molecule has 3 unspecified atom stereocenters. The van der Waals surface area contributed by atoms with Crippen LogP contribution in [0.5, 0.6) is 5.75 Å². The number of nitrogens with zero attached hydrogens (tertiary/aromatic N) is 1. The standard InChI is InChI=1S/C18H25N3O3.ClH/c1-12-7-9-19-11-14(12)20-17(22)8-10-21-15-5-3-4-6-16(15)24-13(2)18(21)23;/h3-6,12-14,19H,7-11H2,1-2H3,(H,20,22);1H. The molecule has 0 aromatic heterocycles. The van der Waals surface area contributed by atoms with Crippen molar-refractivity contribution in [1.82, 2.24) is 10.6 Å². The lowest BCUT2D eigenvalue weighted by Crippen LogP contribution is -2.51. The summed E-state index contributed by atoms with van der Waals surface area (Å²) in [6.07, 6.45) is 0.832. The third kappa shape index (κ3) is 4.44. The van der Waals surface area contributed by atoms with Gasteiger partial charge in [0.2, 0.25) is 5.91 Å². The first-order chi connectivity index (χ1) is 11.6. The van der Waals surface area contributed by atoms with Gasteiger partial charge in [0.15, 0.2) is 6.10 Å². The van der Waals surface area contributed by atoms with Crippen molar-refractivity contribution in [1.29, 1.82) is 0 Å². The number of hydrogen-bond donors (Lipinski definition) is 2. The Morgan fingerprint density at radius 2 is 2.12 bits per heavy atom. The first-order valence-electron chi connectivity index (χ1n) is 8.63. The maximum absolute atomic E-state index is 12.4. The molecule has 2 aliphatic rings. The minimum absolute atomic E-state index is 0. The highest BCUT2D eigenvalue weighted by molar-refractivity contribution is 6.00. The summed E-state index contributed by atoms with van der Waals surface area (Å²) in [7, 11) is 0. The lowest BCUT2D eigenvalue weighted by molar-refractivity contribution is -0.125. The Bertz CT molecular complexity index is 625. The normalized spacial score (nSPS) is 25.4. The van der Waals surface area contributed by atoms with Crippen molar-refractivity contribution >= 4 is 29.9 Å². The average molecular weight is 368 g/mol. The maximum Gasteiger partial charge on any atom is 0.267 e. The number of benzene rings is 1. The van der Waals surface area contributed by atoms with Crippen molar-refractivity contribution in [3.05, 3.63) is 24.3 Å². The van der Waals surface area contributed by atoms with E-state index in [2.05, 4.69) is 17.6 Å². The van der Waals surface area contributed by atoms with E-state index in [9.17, 15) is 9.59 Å². The van der Waals surface area contributed by atoms with E-state index in [-0.39, 0.29) is 36.7 Å². The highest BCUT2D eigenvalue weighted by atomic mass is 35.5. The number of para-hydroxylation sites is 2. The molecule has 0 saturated carbocycles. The molecule has 7 heteroatoms. The number of ether oxygens (including phenoxy) is 1. The van der Waals surface area contributed by atoms with E-state index < -0.39 is 6.10 Å². The summed E-state index contributed by atoms with van der Waals surface area (Å²) in [5, 5.41) is 6.39. The monoisotopic (exact) mass is 367 g/mol. The van der Waals surface area contributed by atoms with Crippen LogP contribution in [0.1, 0.15) is 26.7 Å². The van der Waals surface area contributed by atoms with Crippen LogP contribution < -0.4 is 20.3 Å². The molecule has 1 saturated heterocycles. The largest absolute Gasteiger partial charge is 0.479 e. The van der Waals surface area contributed by atoms with Crippen LogP contribution in [0.4, 0.5) is 5.69 Å². The van der Waals surface area contributed by atoms with Gasteiger partial charge in [-0.3, -0.25) is 9.59 Å². The van der Waals surface area contributed by atoms with Crippen LogP contribution in [0.3, 0.4) is 0 Å². The fourth-order valence-electron chi connectivity index (χ4n) is 3.26. The van der Waals surface area contributed by atoms with E-state index in [1.165, 1.54) is 0 Å². The Kier molecular flexibility index (Phi) is 6.67. The van der Waals surface area contributed by atoms with Crippen molar-refractivity contribution in [2.24, 2.45) is 5.92 Å². The van der Waals surface area contributed by atoms with E-state index in [0.29, 0.717) is 18.2 Å². The molecule has 2 heterocycles. The van der Waals surface area contributed by atoms with Crippen LogP contribution >= 0.6 is 12.4 Å². The molecule has 25 heavy (non-hydrogen) atoms. The number of anilines is 1. The van der Waals surface area contributed by atoms with E-state index in [4.69, 9.17) is 4.74 Å². The van der Waals surface area contributed by atoms with Gasteiger partial charge in [-0.1, -0.05) is 19.1 Å². The highest BCUT2D eigenvalue weighted by Gasteiger charge is 2.31. The van der Waals surface area contributed by atoms with Gasteiger partial charge in [-0.2, -0.15) is 0 Å². The van der Waals surface area contributed by atoms with Gasteiger partial charge >= 0.3 is 0 Å². The maximum atomic E-state index is 12.4. The van der Waals surface area contributed by atoms with Crippen molar-refractivity contribution < 1.29 is 14.3 Å². The molecule has 138 valence electrons. The molecule has 3 rings (SSSR count). The zero-order valence-electron chi connectivity index (χ0n) is 14.7. The van der Waals surface area contributed by atoms with Crippen molar-refractivity contribution in [3.8, 4) is 5.75 Å². The number of carbonyl (C=O) groups is 2. The molecule has 1 aromatic carbocycles. The van der Waals surface area contributed by atoms with Gasteiger partial charge in [-0.05, 0) is 37.9 Å². The summed E-state index contributed by atoms with van der Waals surface area (Å²) in [5.41, 5.74) is 0.737. The molecule has 1 aromatic rings. The smallest absolute Gasteiger partial charge is 0.267 e. The summed E-state index contributed by atoms with van der Waals surface area (Å²) in [6.45, 7) is 6.08. The fraction of sp³-hybridized carbons (Fsp3) is 0.556. The second kappa shape index (κ2) is 8.54. The number of fused-ring (bicyclic) bond motifs is 1. The molecule has 0 spiro atoms. The molecule has 2 aliphatic heterocycles.